The molecule has 0 spiro atoms. The molecule has 1 aromatic heterocycles. The topological polar surface area (TPSA) is 105 Å². The molecule has 0 atom stereocenters. The second-order valence-electron chi connectivity index (χ2n) is 6.30. The van der Waals surface area contributed by atoms with Crippen molar-refractivity contribution in [1.29, 1.82) is 0 Å². The van der Waals surface area contributed by atoms with Crippen molar-refractivity contribution in [2.24, 2.45) is 4.99 Å². The largest absolute Gasteiger partial charge is 0.310 e. The van der Waals surface area contributed by atoms with E-state index in [1.807, 2.05) is 35.8 Å². The minimum Gasteiger partial charge on any atom is -0.310 e. The second kappa shape index (κ2) is 7.08. The van der Waals surface area contributed by atoms with E-state index in [0.29, 0.717) is 18.1 Å². The lowest BCUT2D eigenvalue weighted by molar-refractivity contribution is -0.116. The van der Waals surface area contributed by atoms with Crippen LogP contribution in [0, 0.1) is 0 Å². The Kier molecular flexibility index (Phi) is 4.60. The summed E-state index contributed by atoms with van der Waals surface area (Å²) in [6.45, 7) is 2.82. The number of nitrogens with one attached hydrogen (secondary N) is 2. The van der Waals surface area contributed by atoms with Gasteiger partial charge in [0.15, 0.2) is 0 Å². The van der Waals surface area contributed by atoms with E-state index < -0.39 is 10.0 Å². The van der Waals surface area contributed by atoms with E-state index >= 15 is 0 Å². The van der Waals surface area contributed by atoms with E-state index in [1.165, 1.54) is 6.07 Å². The average Bonchev–Trinajstić information content (AvgIpc) is 3.16. The Morgan fingerprint density at radius 1 is 1.18 bits per heavy atom. The van der Waals surface area contributed by atoms with Crippen LogP contribution < -0.4 is 10.0 Å². The lowest BCUT2D eigenvalue weighted by Crippen LogP contribution is -2.23. The number of hydrogen-bond acceptors (Lipinski definition) is 5. The number of para-hydroxylation sites is 2. The van der Waals surface area contributed by atoms with Gasteiger partial charge in [-0.3, -0.25) is 19.8 Å². The number of aromatic nitrogens is 2. The van der Waals surface area contributed by atoms with Crippen molar-refractivity contribution >= 4 is 38.7 Å². The molecule has 0 saturated carbocycles. The van der Waals surface area contributed by atoms with Crippen LogP contribution in [0.15, 0.2) is 58.4 Å². The first-order valence-electron chi connectivity index (χ1n) is 8.91. The Hall–Kier alpha value is -3.20. The number of carbonyl (C=O) groups is 1. The van der Waals surface area contributed by atoms with Crippen LogP contribution >= 0.6 is 0 Å². The number of nitrogens with zero attached hydrogens (tertiary/aromatic N) is 3. The number of amides is 1. The fourth-order valence-electron chi connectivity index (χ4n) is 3.20. The van der Waals surface area contributed by atoms with Crippen LogP contribution in [-0.4, -0.2) is 36.3 Å². The third kappa shape index (κ3) is 3.24. The van der Waals surface area contributed by atoms with E-state index in [4.69, 9.17) is 0 Å². The van der Waals surface area contributed by atoms with E-state index in [-0.39, 0.29) is 29.6 Å². The van der Waals surface area contributed by atoms with Crippen molar-refractivity contribution in [3.05, 3.63) is 54.1 Å². The summed E-state index contributed by atoms with van der Waals surface area (Å²) < 4.78 is 28.5. The lowest BCUT2D eigenvalue weighted by atomic mass is 10.2. The number of anilines is 1. The van der Waals surface area contributed by atoms with Gasteiger partial charge < -0.3 is 4.57 Å². The van der Waals surface area contributed by atoms with Gasteiger partial charge in [-0.25, -0.2) is 13.4 Å². The van der Waals surface area contributed by atoms with Crippen LogP contribution in [0.3, 0.4) is 0 Å². The zero-order valence-corrected chi connectivity index (χ0v) is 16.0. The number of benzene rings is 2. The van der Waals surface area contributed by atoms with Gasteiger partial charge in [0.25, 0.3) is 10.0 Å². The summed E-state index contributed by atoms with van der Waals surface area (Å²) in [5.41, 5.74) is 2.30. The van der Waals surface area contributed by atoms with Gasteiger partial charge in [0.2, 0.25) is 11.9 Å². The summed E-state index contributed by atoms with van der Waals surface area (Å²) in [5.74, 6) is 0.529. The molecule has 0 aliphatic carbocycles. The van der Waals surface area contributed by atoms with Gasteiger partial charge in [0, 0.05) is 18.5 Å². The van der Waals surface area contributed by atoms with Gasteiger partial charge in [-0.2, -0.15) is 0 Å². The highest BCUT2D eigenvalue weighted by molar-refractivity contribution is 7.90. The summed E-state index contributed by atoms with van der Waals surface area (Å²) in [7, 11) is -3.57. The molecule has 144 valence electrons. The molecule has 0 saturated heterocycles. The summed E-state index contributed by atoms with van der Waals surface area (Å²) in [5, 5.41) is 2.82. The molecule has 1 aliphatic heterocycles. The normalized spacial score (nSPS) is 16.1. The molecule has 2 heterocycles. The number of carbonyl (C=O) groups excluding carboxylic acids is 1. The minimum absolute atomic E-state index is 0.111. The fourth-order valence-corrected chi connectivity index (χ4v) is 4.45. The third-order valence-electron chi connectivity index (χ3n) is 4.49. The fraction of sp³-hybridized carbons (Fsp3) is 0.211. The van der Waals surface area contributed by atoms with Crippen molar-refractivity contribution in [1.82, 2.24) is 14.3 Å². The number of rotatable bonds is 5. The van der Waals surface area contributed by atoms with Crippen LogP contribution in [0.1, 0.15) is 18.9 Å². The predicted molar refractivity (Wildman–Crippen MR) is 107 cm³/mol. The molecule has 0 radical (unpaired) electrons. The van der Waals surface area contributed by atoms with Crippen molar-refractivity contribution < 1.29 is 13.2 Å². The number of hydrogen-bond donors (Lipinski definition) is 2. The van der Waals surface area contributed by atoms with Crippen LogP contribution in [-0.2, 0) is 21.4 Å². The zero-order valence-electron chi connectivity index (χ0n) is 15.2. The average molecular weight is 397 g/mol. The standard InChI is InChI=1S/C19H19N5O3S/c1-2-24-15-9-5-4-8-14(15)21-19(24)22-17(25)11-12-20-18-13-7-3-6-10-16(13)28(26,27)23-18/h3-10H,2,11-12H2,1H3,(H,20,23)(H,21,22,25). The Balaban J connectivity index is 1.46. The molecule has 28 heavy (non-hydrogen) atoms. The van der Waals surface area contributed by atoms with Crippen molar-refractivity contribution in [2.75, 3.05) is 11.9 Å². The van der Waals surface area contributed by atoms with Gasteiger partial charge in [0.05, 0.1) is 22.5 Å². The molecule has 4 rings (SSSR count). The predicted octanol–water partition coefficient (Wildman–Crippen LogP) is 2.12. The molecule has 9 heteroatoms. The highest BCUT2D eigenvalue weighted by atomic mass is 32.2. The quantitative estimate of drug-likeness (QED) is 0.688. The van der Waals surface area contributed by atoms with Crippen LogP contribution in [0.2, 0.25) is 0 Å². The number of amidine groups is 1. The van der Waals surface area contributed by atoms with E-state index in [2.05, 4.69) is 20.0 Å². The van der Waals surface area contributed by atoms with Crippen LogP contribution in [0.5, 0.6) is 0 Å². The van der Waals surface area contributed by atoms with Gasteiger partial charge in [-0.05, 0) is 31.2 Å². The molecular formula is C19H19N5O3S. The molecular weight excluding hydrogens is 378 g/mol. The van der Waals surface area contributed by atoms with E-state index in [1.54, 1.807) is 18.2 Å². The molecule has 1 amide bonds. The molecule has 8 nitrogen and oxygen atoms in total. The van der Waals surface area contributed by atoms with Gasteiger partial charge in [-0.1, -0.05) is 24.3 Å². The number of imidazole rings is 1. The second-order valence-corrected chi connectivity index (χ2v) is 7.95. The molecule has 1 aliphatic rings. The smallest absolute Gasteiger partial charge is 0.263 e. The number of fused-ring (bicyclic) bond motifs is 2. The number of sulfonamides is 1. The summed E-state index contributed by atoms with van der Waals surface area (Å²) in [6.07, 6.45) is 0.111. The van der Waals surface area contributed by atoms with Crippen molar-refractivity contribution in [3.8, 4) is 0 Å². The van der Waals surface area contributed by atoms with E-state index in [9.17, 15) is 13.2 Å². The first kappa shape index (κ1) is 18.2. The van der Waals surface area contributed by atoms with E-state index in [0.717, 1.165) is 11.0 Å². The highest BCUT2D eigenvalue weighted by Crippen LogP contribution is 2.22. The highest BCUT2D eigenvalue weighted by Gasteiger charge is 2.29. The lowest BCUT2D eigenvalue weighted by Gasteiger charge is -2.07. The Morgan fingerprint density at radius 3 is 2.75 bits per heavy atom. The maximum atomic E-state index is 12.3. The number of aryl methyl sites for hydroxylation is 1. The van der Waals surface area contributed by atoms with Crippen molar-refractivity contribution in [3.63, 3.8) is 0 Å². The third-order valence-corrected chi connectivity index (χ3v) is 5.89. The summed E-state index contributed by atoms with van der Waals surface area (Å²) in [6, 6.07) is 14.3. The Bertz CT molecular complexity index is 1200. The molecule has 0 fully saturated rings. The molecule has 2 aromatic carbocycles. The maximum absolute atomic E-state index is 12.3. The first-order valence-corrected chi connectivity index (χ1v) is 10.4. The Morgan fingerprint density at radius 2 is 1.93 bits per heavy atom. The molecule has 3 aromatic rings. The van der Waals surface area contributed by atoms with Gasteiger partial charge >= 0.3 is 0 Å². The molecule has 0 bridgehead atoms. The number of aliphatic imine (C=N–C) groups is 1. The molecule has 0 unspecified atom stereocenters. The molecule has 2 N–H and O–H groups in total. The SMILES string of the molecule is CCn1c(NC(=O)CCN=C2NS(=O)(=O)c3ccccc32)nc2ccccc21. The van der Waals surface area contributed by atoms with Gasteiger partial charge in [0.1, 0.15) is 5.84 Å². The van der Waals surface area contributed by atoms with Gasteiger partial charge in [-0.15, -0.1) is 0 Å². The van der Waals surface area contributed by atoms with Crippen LogP contribution in [0.25, 0.3) is 11.0 Å². The monoisotopic (exact) mass is 397 g/mol. The van der Waals surface area contributed by atoms with Crippen LogP contribution in [0.4, 0.5) is 5.95 Å². The summed E-state index contributed by atoms with van der Waals surface area (Å²) >= 11 is 0. The minimum atomic E-state index is -3.57. The first-order chi connectivity index (χ1) is 13.5. The zero-order chi connectivity index (χ0) is 19.7. The summed E-state index contributed by atoms with van der Waals surface area (Å²) in [4.78, 5) is 21.3. The van der Waals surface area contributed by atoms with Crippen molar-refractivity contribution in [2.45, 2.75) is 24.8 Å². The maximum Gasteiger partial charge on any atom is 0.263 e. The Labute approximate surface area is 162 Å².